The molecule has 1 aromatic carbocycles. The van der Waals surface area contributed by atoms with Crippen LogP contribution >= 0.6 is 0 Å². The lowest BCUT2D eigenvalue weighted by atomic mass is 10.2. The maximum atomic E-state index is 13.0. The summed E-state index contributed by atoms with van der Waals surface area (Å²) in [5.74, 6) is 1.49. The summed E-state index contributed by atoms with van der Waals surface area (Å²) in [5, 5.41) is 0. The number of carbonyl (C=O) groups is 1. The zero-order valence-electron chi connectivity index (χ0n) is 19.3. The second kappa shape index (κ2) is 9.62. The number of aromatic nitrogens is 2. The van der Waals surface area contributed by atoms with Crippen LogP contribution in [-0.4, -0.2) is 100 Å². The van der Waals surface area contributed by atoms with Crippen molar-refractivity contribution in [1.82, 2.24) is 19.2 Å². The van der Waals surface area contributed by atoms with E-state index in [4.69, 9.17) is 9.72 Å². The zero-order valence-corrected chi connectivity index (χ0v) is 20.1. The summed E-state index contributed by atoms with van der Waals surface area (Å²) in [6.07, 6.45) is 0. The van der Waals surface area contributed by atoms with Crippen molar-refractivity contribution >= 4 is 27.7 Å². The van der Waals surface area contributed by atoms with E-state index in [0.29, 0.717) is 45.0 Å². The maximum absolute atomic E-state index is 13.0. The average Bonchev–Trinajstić information content (AvgIpc) is 2.84. The van der Waals surface area contributed by atoms with Gasteiger partial charge in [0.25, 0.3) is 5.91 Å². The van der Waals surface area contributed by atoms with E-state index in [1.54, 1.807) is 17.0 Å². The number of hydrogen-bond donors (Lipinski definition) is 0. The fraction of sp³-hybridized carbons (Fsp3) is 0.500. The lowest BCUT2D eigenvalue weighted by Crippen LogP contribution is -2.49. The van der Waals surface area contributed by atoms with Gasteiger partial charge in [0.2, 0.25) is 16.0 Å². The van der Waals surface area contributed by atoms with Crippen molar-refractivity contribution in [3.63, 3.8) is 0 Å². The first kappa shape index (κ1) is 23.4. The zero-order chi connectivity index (χ0) is 23.6. The first-order valence-corrected chi connectivity index (χ1v) is 12.4. The second-order valence-corrected chi connectivity index (χ2v) is 10.5. The molecule has 2 aliphatic heterocycles. The van der Waals surface area contributed by atoms with Crippen LogP contribution in [0.4, 0.5) is 11.8 Å². The number of carbonyl (C=O) groups excluding carboxylic acids is 1. The van der Waals surface area contributed by atoms with Gasteiger partial charge < -0.3 is 19.4 Å². The Bertz CT molecular complexity index is 1090. The number of rotatable bonds is 5. The first-order valence-electron chi connectivity index (χ1n) is 11.0. The van der Waals surface area contributed by atoms with Crippen molar-refractivity contribution in [3.8, 4) is 0 Å². The Morgan fingerprint density at radius 1 is 0.939 bits per heavy atom. The molecule has 0 bridgehead atoms. The largest absolute Gasteiger partial charge is 0.378 e. The highest BCUT2D eigenvalue weighted by molar-refractivity contribution is 7.89. The van der Waals surface area contributed by atoms with Crippen LogP contribution in [0.1, 0.15) is 16.1 Å². The van der Waals surface area contributed by atoms with Crippen LogP contribution in [0.25, 0.3) is 0 Å². The van der Waals surface area contributed by atoms with E-state index < -0.39 is 10.0 Å². The van der Waals surface area contributed by atoms with Crippen LogP contribution in [0.3, 0.4) is 0 Å². The Kier molecular flexibility index (Phi) is 6.82. The third kappa shape index (κ3) is 5.10. The molecule has 3 heterocycles. The highest BCUT2D eigenvalue weighted by atomic mass is 32.2. The molecular formula is C22H30N6O4S. The average molecular weight is 475 g/mol. The van der Waals surface area contributed by atoms with Gasteiger partial charge in [0.1, 0.15) is 5.82 Å². The van der Waals surface area contributed by atoms with Crippen LogP contribution in [0, 0.1) is 6.92 Å². The van der Waals surface area contributed by atoms with Gasteiger partial charge in [-0.15, -0.1) is 0 Å². The molecule has 2 saturated heterocycles. The van der Waals surface area contributed by atoms with Gasteiger partial charge in [-0.05, 0) is 31.2 Å². The van der Waals surface area contributed by atoms with Gasteiger partial charge in [0.05, 0.1) is 18.1 Å². The fourth-order valence-corrected chi connectivity index (χ4v) is 4.81. The minimum atomic E-state index is -3.52. The minimum absolute atomic E-state index is 0.101. The van der Waals surface area contributed by atoms with E-state index >= 15 is 0 Å². The van der Waals surface area contributed by atoms with E-state index in [1.165, 1.54) is 26.2 Å². The van der Waals surface area contributed by atoms with Crippen LogP contribution in [-0.2, 0) is 14.8 Å². The van der Waals surface area contributed by atoms with Crippen molar-refractivity contribution in [3.05, 3.63) is 41.6 Å². The Hall–Kier alpha value is -2.76. The van der Waals surface area contributed by atoms with Gasteiger partial charge in [-0.1, -0.05) is 0 Å². The van der Waals surface area contributed by atoms with Gasteiger partial charge in [-0.3, -0.25) is 4.79 Å². The molecule has 2 aliphatic rings. The lowest BCUT2D eigenvalue weighted by Gasteiger charge is -2.36. The normalized spacial score (nSPS) is 17.5. The minimum Gasteiger partial charge on any atom is -0.378 e. The summed E-state index contributed by atoms with van der Waals surface area (Å²) in [6, 6.07) is 8.09. The topological polar surface area (TPSA) is 99.2 Å². The molecule has 0 aliphatic carbocycles. The van der Waals surface area contributed by atoms with Gasteiger partial charge in [0, 0.05) is 70.7 Å². The van der Waals surface area contributed by atoms with Crippen molar-refractivity contribution < 1.29 is 17.9 Å². The summed E-state index contributed by atoms with van der Waals surface area (Å²) in [5.41, 5.74) is 1.39. The highest BCUT2D eigenvalue weighted by Crippen LogP contribution is 2.21. The molecule has 1 aromatic heterocycles. The predicted molar refractivity (Wildman–Crippen MR) is 125 cm³/mol. The Morgan fingerprint density at radius 3 is 2.18 bits per heavy atom. The molecule has 4 rings (SSSR count). The number of morpholine rings is 1. The number of ether oxygens (including phenoxy) is 1. The van der Waals surface area contributed by atoms with Gasteiger partial charge >= 0.3 is 0 Å². The molecule has 2 aromatic rings. The van der Waals surface area contributed by atoms with E-state index in [9.17, 15) is 13.2 Å². The number of sulfonamides is 1. The van der Waals surface area contributed by atoms with Crippen LogP contribution in [0.5, 0.6) is 0 Å². The predicted octanol–water partition coefficient (Wildman–Crippen LogP) is 0.834. The molecule has 10 nitrogen and oxygen atoms in total. The fourth-order valence-electron chi connectivity index (χ4n) is 3.90. The monoisotopic (exact) mass is 474 g/mol. The molecule has 33 heavy (non-hydrogen) atoms. The van der Waals surface area contributed by atoms with E-state index in [-0.39, 0.29) is 10.8 Å². The molecule has 0 saturated carbocycles. The van der Waals surface area contributed by atoms with E-state index in [1.807, 2.05) is 13.0 Å². The molecule has 0 unspecified atom stereocenters. The molecule has 0 atom stereocenters. The van der Waals surface area contributed by atoms with Crippen molar-refractivity contribution in [2.24, 2.45) is 0 Å². The Morgan fingerprint density at radius 2 is 1.58 bits per heavy atom. The Balaban J connectivity index is 1.41. The quantitative estimate of drug-likeness (QED) is 0.629. The van der Waals surface area contributed by atoms with Gasteiger partial charge in [-0.2, -0.15) is 4.98 Å². The van der Waals surface area contributed by atoms with E-state index in [2.05, 4.69) is 14.8 Å². The molecule has 1 amide bonds. The number of aryl methyl sites for hydroxylation is 1. The Labute approximate surface area is 194 Å². The van der Waals surface area contributed by atoms with E-state index in [0.717, 1.165) is 34.9 Å². The molecule has 2 fully saturated rings. The van der Waals surface area contributed by atoms with Crippen molar-refractivity contribution in [1.29, 1.82) is 0 Å². The molecule has 0 spiro atoms. The summed E-state index contributed by atoms with van der Waals surface area (Å²) in [4.78, 5) is 28.6. The van der Waals surface area contributed by atoms with Crippen molar-refractivity contribution in [2.75, 3.05) is 76.4 Å². The van der Waals surface area contributed by atoms with Crippen LogP contribution < -0.4 is 9.80 Å². The standard InChI is InChI=1S/C22H30N6O4S/c1-17-16-20(24-22(23-17)28-12-14-32-15-13-28)26-8-10-27(11-9-26)21(29)18-4-6-19(7-5-18)33(30,31)25(2)3/h4-7,16H,8-15H2,1-3H3. The number of benzene rings is 1. The molecular weight excluding hydrogens is 444 g/mol. The molecule has 11 heteroatoms. The lowest BCUT2D eigenvalue weighted by molar-refractivity contribution is 0.0746. The highest BCUT2D eigenvalue weighted by Gasteiger charge is 2.25. The SMILES string of the molecule is Cc1cc(N2CCN(C(=O)c3ccc(S(=O)(=O)N(C)C)cc3)CC2)nc(N2CCOCC2)n1. The summed E-state index contributed by atoms with van der Waals surface area (Å²) in [7, 11) is -0.552. The molecule has 178 valence electrons. The van der Waals surface area contributed by atoms with Crippen LogP contribution in [0.15, 0.2) is 35.2 Å². The maximum Gasteiger partial charge on any atom is 0.253 e. The summed E-state index contributed by atoms with van der Waals surface area (Å²) < 4.78 is 31.1. The summed E-state index contributed by atoms with van der Waals surface area (Å²) >= 11 is 0. The van der Waals surface area contributed by atoms with Crippen LogP contribution in [0.2, 0.25) is 0 Å². The number of nitrogens with zero attached hydrogens (tertiary/aromatic N) is 6. The van der Waals surface area contributed by atoms with Crippen molar-refractivity contribution in [2.45, 2.75) is 11.8 Å². The smallest absolute Gasteiger partial charge is 0.253 e. The molecule has 0 radical (unpaired) electrons. The number of hydrogen-bond acceptors (Lipinski definition) is 8. The number of piperazine rings is 1. The third-order valence-corrected chi connectivity index (χ3v) is 7.72. The molecule has 0 N–H and O–H groups in total. The number of anilines is 2. The first-order chi connectivity index (χ1) is 15.8. The third-order valence-electron chi connectivity index (χ3n) is 5.89. The number of amides is 1. The summed E-state index contributed by atoms with van der Waals surface area (Å²) in [6.45, 7) is 7.33. The van der Waals surface area contributed by atoms with Gasteiger partial charge in [-0.25, -0.2) is 17.7 Å². The van der Waals surface area contributed by atoms with Gasteiger partial charge in [0.15, 0.2) is 0 Å². The second-order valence-electron chi connectivity index (χ2n) is 8.36.